The van der Waals surface area contributed by atoms with Crippen LogP contribution in [0.25, 0.3) is 11.3 Å². The van der Waals surface area contributed by atoms with Gasteiger partial charge in [-0.3, -0.25) is 15.3 Å². The first-order valence-corrected chi connectivity index (χ1v) is 10.1. The molecule has 0 atom stereocenters. The largest absolute Gasteiger partial charge is 0.324 e. The number of hydrogen-bond acceptors (Lipinski definition) is 4. The summed E-state index contributed by atoms with van der Waals surface area (Å²) in [6.07, 6.45) is 11.4. The molecule has 1 fully saturated rings. The van der Waals surface area contributed by atoms with Crippen LogP contribution < -0.4 is 10.6 Å². The molecule has 1 aliphatic carbocycles. The third kappa shape index (κ3) is 4.96. The molecule has 2 N–H and O–H groups in total. The molecule has 0 spiro atoms. The second-order valence-electron chi connectivity index (χ2n) is 7.51. The van der Waals surface area contributed by atoms with Crippen LogP contribution in [0.15, 0.2) is 55.0 Å². The van der Waals surface area contributed by atoms with Crippen molar-refractivity contribution in [3.63, 3.8) is 0 Å². The van der Waals surface area contributed by atoms with Gasteiger partial charge >= 0.3 is 6.03 Å². The minimum absolute atomic E-state index is 0.380. The van der Waals surface area contributed by atoms with Crippen molar-refractivity contribution in [2.75, 3.05) is 10.6 Å². The normalized spacial score (nSPS) is 14.4. The zero-order valence-corrected chi connectivity index (χ0v) is 16.6. The monoisotopic (exact) mass is 387 g/mol. The maximum absolute atomic E-state index is 12.2. The van der Waals surface area contributed by atoms with Crippen LogP contribution in [0.3, 0.4) is 0 Å². The van der Waals surface area contributed by atoms with Crippen molar-refractivity contribution in [2.45, 2.75) is 44.9 Å². The maximum Gasteiger partial charge on any atom is 0.324 e. The average Bonchev–Trinajstić information content (AvgIpc) is 2.76. The van der Waals surface area contributed by atoms with Gasteiger partial charge in [0.25, 0.3) is 0 Å². The molecule has 2 amide bonds. The number of anilines is 2. The molecule has 0 aliphatic heterocycles. The highest BCUT2D eigenvalue weighted by atomic mass is 16.2. The molecule has 6 heteroatoms. The summed E-state index contributed by atoms with van der Waals surface area (Å²) in [4.78, 5) is 25.1. The van der Waals surface area contributed by atoms with Crippen molar-refractivity contribution in [2.24, 2.45) is 0 Å². The number of hydrogen-bond donors (Lipinski definition) is 2. The van der Waals surface area contributed by atoms with Gasteiger partial charge in [0, 0.05) is 11.3 Å². The van der Waals surface area contributed by atoms with Crippen molar-refractivity contribution >= 4 is 17.5 Å². The van der Waals surface area contributed by atoms with Gasteiger partial charge in [-0.05, 0) is 43.4 Å². The molecule has 1 saturated carbocycles. The number of nitrogens with one attached hydrogen (secondary N) is 2. The van der Waals surface area contributed by atoms with Crippen molar-refractivity contribution in [3.05, 3.63) is 66.2 Å². The first kappa shape index (κ1) is 19.1. The molecule has 0 radical (unpaired) electrons. The van der Waals surface area contributed by atoms with E-state index in [1.54, 1.807) is 18.5 Å². The van der Waals surface area contributed by atoms with Crippen LogP contribution in [0.4, 0.5) is 16.3 Å². The summed E-state index contributed by atoms with van der Waals surface area (Å²) in [5.41, 5.74) is 4.64. The molecular formula is C23H25N5O. The number of aryl methyl sites for hydroxylation is 1. The Morgan fingerprint density at radius 3 is 2.45 bits per heavy atom. The number of pyridine rings is 1. The van der Waals surface area contributed by atoms with Crippen molar-refractivity contribution in [1.82, 2.24) is 15.0 Å². The van der Waals surface area contributed by atoms with Gasteiger partial charge in [0.2, 0.25) is 0 Å². The van der Waals surface area contributed by atoms with Gasteiger partial charge in [-0.2, -0.15) is 0 Å². The molecule has 6 nitrogen and oxygen atoms in total. The zero-order valence-electron chi connectivity index (χ0n) is 16.6. The molecule has 3 aromatic rings. The molecule has 148 valence electrons. The number of benzene rings is 1. The van der Waals surface area contributed by atoms with Crippen LogP contribution in [-0.4, -0.2) is 21.0 Å². The van der Waals surface area contributed by atoms with E-state index in [1.165, 1.54) is 43.9 Å². The van der Waals surface area contributed by atoms with Crippen molar-refractivity contribution in [1.29, 1.82) is 0 Å². The molecule has 2 heterocycles. The van der Waals surface area contributed by atoms with Crippen LogP contribution in [0.2, 0.25) is 0 Å². The Kier molecular flexibility index (Phi) is 5.79. The number of nitrogens with zero attached hydrogens (tertiary/aromatic N) is 3. The Balaban J connectivity index is 1.42. The predicted molar refractivity (Wildman–Crippen MR) is 115 cm³/mol. The second kappa shape index (κ2) is 8.82. The minimum Gasteiger partial charge on any atom is -0.306 e. The van der Waals surface area contributed by atoms with E-state index >= 15 is 0 Å². The molecule has 2 aromatic heterocycles. The third-order valence-electron chi connectivity index (χ3n) is 5.33. The number of urea groups is 1. The molecule has 0 bridgehead atoms. The predicted octanol–water partition coefficient (Wildman–Crippen LogP) is 5.54. The smallest absolute Gasteiger partial charge is 0.306 e. The highest BCUT2D eigenvalue weighted by molar-refractivity contribution is 5.99. The lowest BCUT2D eigenvalue weighted by molar-refractivity contribution is 0.262. The molecule has 1 aliphatic rings. The number of amides is 2. The number of carbonyl (C=O) groups excluding carboxylic acids is 1. The van der Waals surface area contributed by atoms with E-state index < -0.39 is 0 Å². The first-order valence-electron chi connectivity index (χ1n) is 10.1. The Labute approximate surface area is 170 Å². The molecule has 0 unspecified atom stereocenters. The van der Waals surface area contributed by atoms with E-state index in [4.69, 9.17) is 0 Å². The zero-order chi connectivity index (χ0) is 20.1. The van der Waals surface area contributed by atoms with E-state index in [1.807, 2.05) is 13.0 Å². The Bertz CT molecular complexity index is 963. The minimum atomic E-state index is -0.380. The second-order valence-corrected chi connectivity index (χ2v) is 7.51. The van der Waals surface area contributed by atoms with Crippen molar-refractivity contribution < 1.29 is 4.79 Å². The van der Waals surface area contributed by atoms with E-state index in [2.05, 4.69) is 49.9 Å². The van der Waals surface area contributed by atoms with Crippen LogP contribution >= 0.6 is 0 Å². The summed E-state index contributed by atoms with van der Waals surface area (Å²) >= 11 is 0. The van der Waals surface area contributed by atoms with Gasteiger partial charge in [-0.25, -0.2) is 9.78 Å². The van der Waals surface area contributed by atoms with Gasteiger partial charge in [0.15, 0.2) is 5.82 Å². The lowest BCUT2D eigenvalue weighted by Gasteiger charge is -2.22. The van der Waals surface area contributed by atoms with Crippen LogP contribution in [0.1, 0.15) is 49.3 Å². The van der Waals surface area contributed by atoms with Crippen LogP contribution in [-0.2, 0) is 0 Å². The highest BCUT2D eigenvalue weighted by Crippen LogP contribution is 2.33. The summed E-state index contributed by atoms with van der Waals surface area (Å²) < 4.78 is 0. The van der Waals surface area contributed by atoms with E-state index in [0.29, 0.717) is 17.4 Å². The standard InChI is InChI=1S/C23H25N5O/c1-16-7-12-20(13-25-16)26-23(29)28-22-15-24-14-21(27-22)19-10-8-18(9-11-19)17-5-3-2-4-6-17/h7-15,17H,2-6H2,1H3,(H2,26,27,28,29). The Morgan fingerprint density at radius 2 is 1.72 bits per heavy atom. The Hall–Kier alpha value is -3.28. The van der Waals surface area contributed by atoms with Gasteiger partial charge in [-0.15, -0.1) is 0 Å². The fourth-order valence-corrected chi connectivity index (χ4v) is 3.75. The fourth-order valence-electron chi connectivity index (χ4n) is 3.75. The third-order valence-corrected chi connectivity index (χ3v) is 5.33. The van der Waals surface area contributed by atoms with Gasteiger partial charge in [0.05, 0.1) is 30.0 Å². The van der Waals surface area contributed by atoms with E-state index in [9.17, 15) is 4.79 Å². The average molecular weight is 387 g/mol. The lowest BCUT2D eigenvalue weighted by atomic mass is 9.84. The summed E-state index contributed by atoms with van der Waals surface area (Å²) in [6.45, 7) is 1.90. The maximum atomic E-state index is 12.2. The molecule has 4 rings (SSSR count). The van der Waals surface area contributed by atoms with Gasteiger partial charge < -0.3 is 5.32 Å². The SMILES string of the molecule is Cc1ccc(NC(=O)Nc2cncc(-c3ccc(C4CCCCC4)cc3)n2)cn1. The van der Waals surface area contributed by atoms with Gasteiger partial charge in [0.1, 0.15) is 0 Å². The number of rotatable bonds is 4. The summed E-state index contributed by atoms with van der Waals surface area (Å²) in [5.74, 6) is 1.08. The molecular weight excluding hydrogens is 362 g/mol. The topological polar surface area (TPSA) is 79.8 Å². The highest BCUT2D eigenvalue weighted by Gasteiger charge is 2.15. The fraction of sp³-hybridized carbons (Fsp3) is 0.304. The van der Waals surface area contributed by atoms with Crippen LogP contribution in [0, 0.1) is 6.92 Å². The number of aromatic nitrogens is 3. The summed E-state index contributed by atoms with van der Waals surface area (Å²) in [6, 6.07) is 11.8. The molecule has 1 aromatic carbocycles. The lowest BCUT2D eigenvalue weighted by Crippen LogP contribution is -2.20. The van der Waals surface area contributed by atoms with E-state index in [-0.39, 0.29) is 6.03 Å². The molecule has 29 heavy (non-hydrogen) atoms. The molecule has 0 saturated heterocycles. The van der Waals surface area contributed by atoms with Gasteiger partial charge in [-0.1, -0.05) is 43.5 Å². The summed E-state index contributed by atoms with van der Waals surface area (Å²) in [5, 5.41) is 5.47. The quantitative estimate of drug-likeness (QED) is 0.616. The Morgan fingerprint density at radius 1 is 0.931 bits per heavy atom. The van der Waals surface area contributed by atoms with Crippen LogP contribution in [0.5, 0.6) is 0 Å². The number of carbonyl (C=O) groups is 1. The van der Waals surface area contributed by atoms with Crippen molar-refractivity contribution in [3.8, 4) is 11.3 Å². The van der Waals surface area contributed by atoms with E-state index in [0.717, 1.165) is 17.0 Å². The first-order chi connectivity index (χ1) is 14.2. The summed E-state index contributed by atoms with van der Waals surface area (Å²) in [7, 11) is 0.